The Labute approximate surface area is 144 Å². The van der Waals surface area contributed by atoms with Gasteiger partial charge in [-0.25, -0.2) is 8.78 Å². The molecule has 1 saturated heterocycles. The highest BCUT2D eigenvalue weighted by atomic mass is 19.1. The van der Waals surface area contributed by atoms with E-state index < -0.39 is 23.8 Å². The molecule has 0 saturated carbocycles. The van der Waals surface area contributed by atoms with Crippen LogP contribution in [0.25, 0.3) is 0 Å². The van der Waals surface area contributed by atoms with Crippen LogP contribution in [0.3, 0.4) is 0 Å². The van der Waals surface area contributed by atoms with Crippen molar-refractivity contribution in [1.82, 2.24) is 0 Å². The number of rotatable bonds is 2. The average Bonchev–Trinajstić information content (AvgIpc) is 2.60. The predicted octanol–water partition coefficient (Wildman–Crippen LogP) is 3.65. The van der Waals surface area contributed by atoms with Crippen LogP contribution < -0.4 is 5.32 Å². The summed E-state index contributed by atoms with van der Waals surface area (Å²) in [6, 6.07) is 10.8. The summed E-state index contributed by atoms with van der Waals surface area (Å²) in [4.78, 5) is 0. The molecule has 25 heavy (non-hydrogen) atoms. The summed E-state index contributed by atoms with van der Waals surface area (Å²) >= 11 is 0. The molecule has 6 heteroatoms. The lowest BCUT2D eigenvalue weighted by Crippen LogP contribution is -2.43. The number of nitriles is 1. The summed E-state index contributed by atoms with van der Waals surface area (Å²) in [6.07, 6.45) is -0.441. The second-order valence-corrected chi connectivity index (χ2v) is 6.21. The van der Waals surface area contributed by atoms with Crippen molar-refractivity contribution < 1.29 is 18.3 Å². The Morgan fingerprint density at radius 1 is 1.08 bits per heavy atom. The summed E-state index contributed by atoms with van der Waals surface area (Å²) < 4.78 is 39.1. The number of fused-ring (bicyclic) bond motifs is 3. The van der Waals surface area contributed by atoms with Gasteiger partial charge in [-0.05, 0) is 35.4 Å². The highest BCUT2D eigenvalue weighted by molar-refractivity contribution is 5.59. The van der Waals surface area contributed by atoms with Crippen LogP contribution in [0.1, 0.15) is 28.8 Å². The van der Waals surface area contributed by atoms with Gasteiger partial charge in [0.2, 0.25) is 0 Å². The molecule has 3 atom stereocenters. The molecule has 0 aromatic heterocycles. The molecular weight excluding hydrogens is 326 g/mol. The van der Waals surface area contributed by atoms with Crippen LogP contribution in [0.2, 0.25) is 0 Å². The van der Waals surface area contributed by atoms with Gasteiger partial charge in [0.15, 0.2) is 0 Å². The van der Waals surface area contributed by atoms with Gasteiger partial charge in [0.25, 0.3) is 0 Å². The molecule has 0 aliphatic carbocycles. The topological polar surface area (TPSA) is 54.3 Å². The fourth-order valence-electron chi connectivity index (χ4n) is 3.54. The van der Waals surface area contributed by atoms with Gasteiger partial charge in [-0.2, -0.15) is 5.26 Å². The lowest BCUT2D eigenvalue weighted by atomic mass is 9.86. The van der Waals surface area contributed by atoms with Crippen LogP contribution in [0.4, 0.5) is 14.5 Å². The van der Waals surface area contributed by atoms with E-state index in [-0.39, 0.29) is 6.10 Å². The first-order valence-corrected chi connectivity index (χ1v) is 8.11. The average molecular weight is 342 g/mol. The van der Waals surface area contributed by atoms with E-state index in [1.807, 2.05) is 18.2 Å². The van der Waals surface area contributed by atoms with E-state index in [1.54, 1.807) is 0 Å². The van der Waals surface area contributed by atoms with Crippen molar-refractivity contribution in [3.8, 4) is 6.07 Å². The van der Waals surface area contributed by atoms with E-state index in [0.717, 1.165) is 22.9 Å². The normalized spacial score (nSPS) is 24.6. The monoisotopic (exact) mass is 342 g/mol. The molecule has 0 amide bonds. The Kier molecular flexibility index (Phi) is 4.12. The summed E-state index contributed by atoms with van der Waals surface area (Å²) in [7, 11) is 0. The Morgan fingerprint density at radius 3 is 2.60 bits per heavy atom. The summed E-state index contributed by atoms with van der Waals surface area (Å²) in [5, 5.41) is 12.2. The minimum atomic E-state index is -0.625. The molecule has 1 N–H and O–H groups in total. The second-order valence-electron chi connectivity index (χ2n) is 6.21. The first-order chi connectivity index (χ1) is 12.2. The molecule has 0 radical (unpaired) electrons. The maximum atomic E-state index is 13.7. The molecule has 4 rings (SSSR count). The Morgan fingerprint density at radius 2 is 1.84 bits per heavy atom. The standard InChI is InChI=1S/C19H16F2N2O2/c20-13-8-12(9-14(21)10-13)17-19-18(24-5-6-25-19)15-7-11(3-4-22)1-2-16(15)23-17/h1-2,7-10,17-19,23H,3,5-6H2. The fraction of sp³-hybridized carbons (Fsp3) is 0.316. The number of nitrogens with zero attached hydrogens (tertiary/aromatic N) is 1. The Hall–Kier alpha value is -2.49. The van der Waals surface area contributed by atoms with Crippen LogP contribution in [0.5, 0.6) is 0 Å². The lowest BCUT2D eigenvalue weighted by Gasteiger charge is -2.43. The Bertz CT molecular complexity index is 830. The van der Waals surface area contributed by atoms with E-state index in [2.05, 4.69) is 11.4 Å². The zero-order chi connectivity index (χ0) is 17.4. The maximum Gasteiger partial charge on any atom is 0.126 e. The quantitative estimate of drug-likeness (QED) is 0.905. The van der Waals surface area contributed by atoms with E-state index in [4.69, 9.17) is 14.7 Å². The van der Waals surface area contributed by atoms with E-state index in [9.17, 15) is 8.78 Å². The predicted molar refractivity (Wildman–Crippen MR) is 86.9 cm³/mol. The van der Waals surface area contributed by atoms with E-state index in [0.29, 0.717) is 25.2 Å². The van der Waals surface area contributed by atoms with Crippen molar-refractivity contribution in [2.24, 2.45) is 0 Å². The third-order valence-corrected chi connectivity index (χ3v) is 4.58. The molecule has 2 aliphatic rings. The number of anilines is 1. The zero-order valence-corrected chi connectivity index (χ0v) is 13.3. The van der Waals surface area contributed by atoms with Crippen molar-refractivity contribution in [3.63, 3.8) is 0 Å². The SMILES string of the molecule is N#CCc1ccc2c(c1)C1OCCOC1C(c1cc(F)cc(F)c1)N2. The largest absolute Gasteiger partial charge is 0.375 e. The number of nitrogens with one attached hydrogen (secondary N) is 1. The molecule has 3 unspecified atom stereocenters. The number of hydrogen-bond donors (Lipinski definition) is 1. The summed E-state index contributed by atoms with van der Waals surface area (Å²) in [6.45, 7) is 0.873. The van der Waals surface area contributed by atoms with Gasteiger partial charge in [-0.3, -0.25) is 0 Å². The van der Waals surface area contributed by atoms with Crippen LogP contribution in [-0.2, 0) is 15.9 Å². The molecule has 1 fully saturated rings. The van der Waals surface area contributed by atoms with E-state index in [1.165, 1.54) is 12.1 Å². The minimum absolute atomic E-state index is 0.310. The molecule has 2 aliphatic heterocycles. The van der Waals surface area contributed by atoms with Crippen molar-refractivity contribution >= 4 is 5.69 Å². The van der Waals surface area contributed by atoms with Gasteiger partial charge in [0.1, 0.15) is 23.8 Å². The van der Waals surface area contributed by atoms with E-state index >= 15 is 0 Å². The van der Waals surface area contributed by atoms with Crippen LogP contribution in [0.15, 0.2) is 36.4 Å². The number of halogens is 2. The molecule has 0 spiro atoms. The fourth-order valence-corrected chi connectivity index (χ4v) is 3.54. The van der Waals surface area contributed by atoms with Gasteiger partial charge in [0, 0.05) is 17.3 Å². The van der Waals surface area contributed by atoms with Gasteiger partial charge in [0.05, 0.1) is 31.7 Å². The smallest absolute Gasteiger partial charge is 0.126 e. The zero-order valence-electron chi connectivity index (χ0n) is 13.3. The number of ether oxygens (including phenoxy) is 2. The summed E-state index contributed by atoms with van der Waals surface area (Å²) in [5.74, 6) is -1.25. The molecular formula is C19H16F2N2O2. The molecule has 2 heterocycles. The van der Waals surface area contributed by atoms with Crippen molar-refractivity contribution in [1.29, 1.82) is 5.26 Å². The molecule has 4 nitrogen and oxygen atoms in total. The molecule has 2 aromatic rings. The highest BCUT2D eigenvalue weighted by Gasteiger charge is 2.41. The first-order valence-electron chi connectivity index (χ1n) is 8.11. The molecule has 2 aromatic carbocycles. The third kappa shape index (κ3) is 2.97. The second kappa shape index (κ2) is 6.43. The van der Waals surface area contributed by atoms with Gasteiger partial charge >= 0.3 is 0 Å². The number of hydrogen-bond acceptors (Lipinski definition) is 4. The highest BCUT2D eigenvalue weighted by Crippen LogP contribution is 2.44. The Balaban J connectivity index is 1.77. The lowest BCUT2D eigenvalue weighted by molar-refractivity contribution is -0.151. The minimum Gasteiger partial charge on any atom is -0.375 e. The van der Waals surface area contributed by atoms with Gasteiger partial charge < -0.3 is 14.8 Å². The van der Waals surface area contributed by atoms with Crippen molar-refractivity contribution in [2.45, 2.75) is 24.7 Å². The van der Waals surface area contributed by atoms with Crippen LogP contribution in [-0.4, -0.2) is 19.3 Å². The molecule has 0 bridgehead atoms. The van der Waals surface area contributed by atoms with Crippen LogP contribution >= 0.6 is 0 Å². The van der Waals surface area contributed by atoms with Crippen molar-refractivity contribution in [2.75, 3.05) is 18.5 Å². The summed E-state index contributed by atoms with van der Waals surface area (Å²) in [5.41, 5.74) is 3.10. The van der Waals surface area contributed by atoms with Crippen molar-refractivity contribution in [3.05, 3.63) is 64.7 Å². The molecule has 128 valence electrons. The third-order valence-electron chi connectivity index (χ3n) is 4.58. The number of benzene rings is 2. The van der Waals surface area contributed by atoms with Crippen LogP contribution in [0, 0.1) is 23.0 Å². The van der Waals surface area contributed by atoms with Gasteiger partial charge in [-0.1, -0.05) is 6.07 Å². The maximum absolute atomic E-state index is 13.7. The van der Waals surface area contributed by atoms with Gasteiger partial charge in [-0.15, -0.1) is 0 Å². The first kappa shape index (κ1) is 16.0.